The van der Waals surface area contributed by atoms with Crippen molar-refractivity contribution in [3.63, 3.8) is 0 Å². The molecule has 0 unspecified atom stereocenters. The van der Waals surface area contributed by atoms with Gasteiger partial charge in [-0.15, -0.1) is 0 Å². The minimum atomic E-state index is -4.47. The van der Waals surface area contributed by atoms with Crippen molar-refractivity contribution in [3.05, 3.63) is 83.7 Å². The highest BCUT2D eigenvalue weighted by Crippen LogP contribution is 2.35. The second-order valence-electron chi connectivity index (χ2n) is 6.63. The minimum absolute atomic E-state index is 0.128. The Hall–Kier alpha value is -3.46. The molecule has 0 spiro atoms. The van der Waals surface area contributed by atoms with E-state index in [0.29, 0.717) is 16.4 Å². The number of benzene rings is 2. The standard InChI is InChI=1S/C22H16F3N3O2S/c1-30-17-5-2-6-18-19(17)27-21(31-18)28(13-14-4-3-11-26-12-14)20(29)15-7-9-16(10-8-15)22(23,24)25/h2-12H,13H2,1H3. The van der Waals surface area contributed by atoms with Crippen molar-refractivity contribution >= 4 is 32.6 Å². The Morgan fingerprint density at radius 2 is 1.87 bits per heavy atom. The average molecular weight is 443 g/mol. The van der Waals surface area contributed by atoms with Crippen LogP contribution in [0.4, 0.5) is 18.3 Å². The van der Waals surface area contributed by atoms with Gasteiger partial charge in [-0.25, -0.2) is 4.98 Å². The summed E-state index contributed by atoms with van der Waals surface area (Å²) in [6.07, 6.45) is -1.23. The van der Waals surface area contributed by atoms with E-state index in [-0.39, 0.29) is 12.1 Å². The van der Waals surface area contributed by atoms with Crippen molar-refractivity contribution in [1.29, 1.82) is 0 Å². The lowest BCUT2D eigenvalue weighted by molar-refractivity contribution is -0.137. The summed E-state index contributed by atoms with van der Waals surface area (Å²) in [5.74, 6) is 0.110. The SMILES string of the molecule is COc1cccc2sc(N(Cc3cccnc3)C(=O)c3ccc(C(F)(F)F)cc3)nc12. The number of nitrogens with zero attached hydrogens (tertiary/aromatic N) is 3. The Labute approximate surface area is 179 Å². The van der Waals surface area contributed by atoms with E-state index in [0.717, 1.165) is 22.4 Å². The van der Waals surface area contributed by atoms with E-state index in [1.54, 1.807) is 24.5 Å². The maximum Gasteiger partial charge on any atom is 0.416 e. The summed E-state index contributed by atoms with van der Waals surface area (Å²) in [6, 6.07) is 13.2. The van der Waals surface area contributed by atoms with E-state index >= 15 is 0 Å². The number of para-hydroxylation sites is 1. The van der Waals surface area contributed by atoms with Crippen molar-refractivity contribution < 1.29 is 22.7 Å². The van der Waals surface area contributed by atoms with Gasteiger partial charge in [0.2, 0.25) is 0 Å². The molecule has 0 N–H and O–H groups in total. The number of thiazole rings is 1. The Kier molecular flexibility index (Phi) is 5.60. The summed E-state index contributed by atoms with van der Waals surface area (Å²) in [5.41, 5.74) is 0.686. The fourth-order valence-corrected chi connectivity index (χ4v) is 4.03. The second kappa shape index (κ2) is 8.35. The summed E-state index contributed by atoms with van der Waals surface area (Å²) < 4.78 is 44.9. The molecule has 158 valence electrons. The lowest BCUT2D eigenvalue weighted by Crippen LogP contribution is -2.30. The minimum Gasteiger partial charge on any atom is -0.494 e. The fraction of sp³-hybridized carbons (Fsp3) is 0.136. The van der Waals surface area contributed by atoms with Crippen LogP contribution in [0.15, 0.2) is 67.0 Å². The Balaban J connectivity index is 1.75. The Bertz CT molecular complexity index is 1210. The van der Waals surface area contributed by atoms with Crippen LogP contribution < -0.4 is 9.64 Å². The van der Waals surface area contributed by atoms with Gasteiger partial charge in [-0.3, -0.25) is 14.7 Å². The third kappa shape index (κ3) is 4.36. The highest BCUT2D eigenvalue weighted by molar-refractivity contribution is 7.22. The van der Waals surface area contributed by atoms with Gasteiger partial charge >= 0.3 is 6.18 Å². The van der Waals surface area contributed by atoms with E-state index in [2.05, 4.69) is 9.97 Å². The van der Waals surface area contributed by atoms with Gasteiger partial charge in [0.05, 0.1) is 23.9 Å². The molecule has 0 saturated carbocycles. The topological polar surface area (TPSA) is 55.3 Å². The van der Waals surface area contributed by atoms with Gasteiger partial charge in [0.15, 0.2) is 5.13 Å². The molecule has 4 aromatic rings. The van der Waals surface area contributed by atoms with Crippen molar-refractivity contribution in [2.75, 3.05) is 12.0 Å². The van der Waals surface area contributed by atoms with Gasteiger partial charge in [-0.1, -0.05) is 23.5 Å². The van der Waals surface area contributed by atoms with Crippen molar-refractivity contribution in [2.24, 2.45) is 0 Å². The van der Waals surface area contributed by atoms with Crippen LogP contribution in [0.2, 0.25) is 0 Å². The van der Waals surface area contributed by atoms with Crippen LogP contribution in [0.1, 0.15) is 21.5 Å². The molecule has 4 rings (SSSR count). The van der Waals surface area contributed by atoms with Crippen molar-refractivity contribution in [2.45, 2.75) is 12.7 Å². The number of hydrogen-bond acceptors (Lipinski definition) is 5. The predicted molar refractivity (Wildman–Crippen MR) is 112 cm³/mol. The van der Waals surface area contributed by atoms with Gasteiger partial charge in [-0.05, 0) is 48.0 Å². The first-order chi connectivity index (χ1) is 14.9. The maximum atomic E-state index is 13.3. The van der Waals surface area contributed by atoms with E-state index in [4.69, 9.17) is 4.74 Å². The molecule has 0 atom stereocenters. The van der Waals surface area contributed by atoms with E-state index < -0.39 is 17.6 Å². The van der Waals surface area contributed by atoms with E-state index in [1.807, 2.05) is 18.2 Å². The number of aromatic nitrogens is 2. The molecule has 0 bridgehead atoms. The summed E-state index contributed by atoms with van der Waals surface area (Å²) in [5, 5.41) is 0.410. The zero-order chi connectivity index (χ0) is 22.0. The first-order valence-corrected chi connectivity index (χ1v) is 10.00. The number of alkyl halides is 3. The Morgan fingerprint density at radius 3 is 2.52 bits per heavy atom. The van der Waals surface area contributed by atoms with E-state index in [1.165, 1.54) is 35.5 Å². The number of pyridine rings is 1. The van der Waals surface area contributed by atoms with Crippen LogP contribution >= 0.6 is 11.3 Å². The van der Waals surface area contributed by atoms with Crippen LogP contribution in [0.3, 0.4) is 0 Å². The molecule has 0 saturated heterocycles. The van der Waals surface area contributed by atoms with Gasteiger partial charge in [0.1, 0.15) is 11.3 Å². The summed E-state index contributed by atoms with van der Waals surface area (Å²) in [6.45, 7) is 0.163. The molecule has 2 aromatic carbocycles. The van der Waals surface area contributed by atoms with Crippen LogP contribution in [-0.4, -0.2) is 23.0 Å². The van der Waals surface area contributed by atoms with Crippen molar-refractivity contribution in [1.82, 2.24) is 9.97 Å². The first kappa shape index (κ1) is 20.8. The molecule has 1 amide bonds. The average Bonchev–Trinajstić information content (AvgIpc) is 3.21. The molecule has 5 nitrogen and oxygen atoms in total. The molecule has 0 fully saturated rings. The zero-order valence-corrected chi connectivity index (χ0v) is 17.1. The second-order valence-corrected chi connectivity index (χ2v) is 7.64. The molecular formula is C22H16F3N3O2S. The van der Waals surface area contributed by atoms with Crippen LogP contribution in [0.25, 0.3) is 10.2 Å². The molecule has 0 aliphatic heterocycles. The highest BCUT2D eigenvalue weighted by atomic mass is 32.1. The molecule has 2 aromatic heterocycles. The summed E-state index contributed by atoms with van der Waals surface area (Å²) in [7, 11) is 1.54. The number of amides is 1. The summed E-state index contributed by atoms with van der Waals surface area (Å²) in [4.78, 5) is 23.4. The number of anilines is 1. The zero-order valence-electron chi connectivity index (χ0n) is 16.3. The number of ether oxygens (including phenoxy) is 1. The van der Waals surface area contributed by atoms with Crippen LogP contribution in [0, 0.1) is 0 Å². The molecule has 0 aliphatic rings. The fourth-order valence-electron chi connectivity index (χ4n) is 3.05. The molecule has 9 heteroatoms. The van der Waals surface area contributed by atoms with Crippen LogP contribution in [0.5, 0.6) is 5.75 Å². The number of carbonyl (C=O) groups excluding carboxylic acids is 1. The number of halogens is 3. The number of carbonyl (C=O) groups is 1. The third-order valence-corrected chi connectivity index (χ3v) is 5.63. The lowest BCUT2D eigenvalue weighted by Gasteiger charge is -2.20. The highest BCUT2D eigenvalue weighted by Gasteiger charge is 2.31. The van der Waals surface area contributed by atoms with Crippen LogP contribution in [-0.2, 0) is 12.7 Å². The molecule has 0 radical (unpaired) electrons. The third-order valence-electron chi connectivity index (χ3n) is 4.59. The van der Waals surface area contributed by atoms with Gasteiger partial charge in [0.25, 0.3) is 5.91 Å². The molecular weight excluding hydrogens is 427 g/mol. The molecule has 31 heavy (non-hydrogen) atoms. The summed E-state index contributed by atoms with van der Waals surface area (Å²) >= 11 is 1.30. The van der Waals surface area contributed by atoms with E-state index in [9.17, 15) is 18.0 Å². The largest absolute Gasteiger partial charge is 0.494 e. The van der Waals surface area contributed by atoms with Crippen molar-refractivity contribution in [3.8, 4) is 5.75 Å². The maximum absolute atomic E-state index is 13.3. The predicted octanol–water partition coefficient (Wildman–Crippen LogP) is 5.57. The molecule has 0 aliphatic carbocycles. The van der Waals surface area contributed by atoms with Gasteiger partial charge < -0.3 is 4.74 Å². The smallest absolute Gasteiger partial charge is 0.416 e. The number of fused-ring (bicyclic) bond motifs is 1. The van der Waals surface area contributed by atoms with Gasteiger partial charge in [-0.2, -0.15) is 13.2 Å². The lowest BCUT2D eigenvalue weighted by atomic mass is 10.1. The number of hydrogen-bond donors (Lipinski definition) is 0. The van der Waals surface area contributed by atoms with Gasteiger partial charge in [0, 0.05) is 18.0 Å². The number of rotatable bonds is 5. The monoisotopic (exact) mass is 443 g/mol. The molecule has 2 heterocycles. The quantitative estimate of drug-likeness (QED) is 0.405. The number of methoxy groups -OCH3 is 1. The first-order valence-electron chi connectivity index (χ1n) is 9.18. The normalized spacial score (nSPS) is 11.5. The Morgan fingerprint density at radius 1 is 1.10 bits per heavy atom.